The molecular weight excluding hydrogens is 334 g/mol. The van der Waals surface area contributed by atoms with Gasteiger partial charge >= 0.3 is 0 Å². The molecule has 2 N–H and O–H groups in total. The van der Waals surface area contributed by atoms with Crippen LogP contribution < -0.4 is 10.6 Å². The molecule has 0 unspecified atom stereocenters. The first kappa shape index (κ1) is 12.8. The third-order valence-corrected chi connectivity index (χ3v) is 3.74. The smallest absolute Gasteiger partial charge is 0.252 e. The number of halogens is 2. The van der Waals surface area contributed by atoms with Gasteiger partial charge in [-0.1, -0.05) is 0 Å². The lowest BCUT2D eigenvalue weighted by Crippen LogP contribution is -2.42. The van der Waals surface area contributed by atoms with E-state index in [-0.39, 0.29) is 17.8 Å². The molecule has 2 rings (SSSR count). The zero-order chi connectivity index (χ0) is 12.3. The Morgan fingerprint density at radius 3 is 2.76 bits per heavy atom. The maximum absolute atomic E-state index is 12.9. The fraction of sp³-hybridized carbons (Fsp3) is 0.417. The fourth-order valence-corrected chi connectivity index (χ4v) is 2.63. The van der Waals surface area contributed by atoms with Crippen molar-refractivity contribution in [2.24, 2.45) is 0 Å². The SMILES string of the molecule is O=C(NC1CCNCC1)c1ccc(F)cc1I. The lowest BCUT2D eigenvalue weighted by atomic mass is 10.1. The Kier molecular flexibility index (Phi) is 4.33. The van der Waals surface area contributed by atoms with Crippen LogP contribution in [0.15, 0.2) is 18.2 Å². The van der Waals surface area contributed by atoms with E-state index in [9.17, 15) is 9.18 Å². The molecule has 0 atom stereocenters. The lowest BCUT2D eigenvalue weighted by molar-refractivity contribution is 0.0928. The maximum atomic E-state index is 12.9. The van der Waals surface area contributed by atoms with E-state index in [0.717, 1.165) is 25.9 Å². The van der Waals surface area contributed by atoms with Gasteiger partial charge in [-0.3, -0.25) is 4.79 Å². The molecule has 1 aliphatic rings. The molecule has 1 aromatic carbocycles. The summed E-state index contributed by atoms with van der Waals surface area (Å²) in [7, 11) is 0. The highest BCUT2D eigenvalue weighted by atomic mass is 127. The topological polar surface area (TPSA) is 41.1 Å². The summed E-state index contributed by atoms with van der Waals surface area (Å²) >= 11 is 1.98. The Balaban J connectivity index is 2.03. The monoisotopic (exact) mass is 348 g/mol. The number of carbonyl (C=O) groups is 1. The minimum absolute atomic E-state index is 0.110. The number of hydrogen-bond acceptors (Lipinski definition) is 2. The van der Waals surface area contributed by atoms with E-state index in [1.165, 1.54) is 18.2 Å². The summed E-state index contributed by atoms with van der Waals surface area (Å²) in [5.74, 6) is -0.422. The van der Waals surface area contributed by atoms with Gasteiger partial charge in [-0.25, -0.2) is 4.39 Å². The molecule has 5 heteroatoms. The molecule has 0 aromatic heterocycles. The van der Waals surface area contributed by atoms with Gasteiger partial charge in [0.15, 0.2) is 0 Å². The fourth-order valence-electron chi connectivity index (χ4n) is 1.90. The van der Waals surface area contributed by atoms with Crippen molar-refractivity contribution in [3.05, 3.63) is 33.1 Å². The van der Waals surface area contributed by atoms with Crippen LogP contribution in [0.25, 0.3) is 0 Å². The van der Waals surface area contributed by atoms with Gasteiger partial charge in [0.25, 0.3) is 5.91 Å². The molecule has 1 fully saturated rings. The van der Waals surface area contributed by atoms with Crippen molar-refractivity contribution in [3.8, 4) is 0 Å². The first-order valence-electron chi connectivity index (χ1n) is 5.63. The van der Waals surface area contributed by atoms with Crippen molar-refractivity contribution in [2.45, 2.75) is 18.9 Å². The summed E-state index contributed by atoms with van der Waals surface area (Å²) in [4.78, 5) is 12.0. The van der Waals surface area contributed by atoms with Crippen molar-refractivity contribution >= 4 is 28.5 Å². The number of amides is 1. The Morgan fingerprint density at radius 2 is 2.12 bits per heavy atom. The summed E-state index contributed by atoms with van der Waals surface area (Å²) in [5.41, 5.74) is 0.547. The molecule has 0 bridgehead atoms. The van der Waals surface area contributed by atoms with Gasteiger partial charge in [0.1, 0.15) is 5.82 Å². The van der Waals surface area contributed by atoms with Crippen molar-refractivity contribution in [2.75, 3.05) is 13.1 Å². The zero-order valence-electron chi connectivity index (χ0n) is 9.30. The molecule has 17 heavy (non-hydrogen) atoms. The zero-order valence-corrected chi connectivity index (χ0v) is 11.5. The summed E-state index contributed by atoms with van der Waals surface area (Å²) in [5, 5.41) is 6.23. The van der Waals surface area contributed by atoms with Gasteiger partial charge in [0.2, 0.25) is 0 Å². The third kappa shape index (κ3) is 3.38. The Morgan fingerprint density at radius 1 is 1.41 bits per heavy atom. The number of nitrogens with one attached hydrogen (secondary N) is 2. The molecule has 0 saturated carbocycles. The highest BCUT2D eigenvalue weighted by Crippen LogP contribution is 2.14. The molecular formula is C12H14FIN2O. The van der Waals surface area contributed by atoms with Gasteiger partial charge in [0.05, 0.1) is 5.56 Å². The summed E-state index contributed by atoms with van der Waals surface area (Å²) < 4.78 is 13.6. The second-order valence-corrected chi connectivity index (χ2v) is 5.28. The van der Waals surface area contributed by atoms with Gasteiger partial charge in [-0.15, -0.1) is 0 Å². The highest BCUT2D eigenvalue weighted by molar-refractivity contribution is 14.1. The van der Waals surface area contributed by atoms with Crippen LogP contribution in [0.1, 0.15) is 23.2 Å². The molecule has 92 valence electrons. The number of benzene rings is 1. The third-order valence-electron chi connectivity index (χ3n) is 2.85. The van der Waals surface area contributed by atoms with Crippen molar-refractivity contribution in [1.82, 2.24) is 10.6 Å². The largest absolute Gasteiger partial charge is 0.349 e. The average molecular weight is 348 g/mol. The summed E-state index contributed by atoms with van der Waals surface area (Å²) in [6.45, 7) is 1.87. The molecule has 0 aliphatic carbocycles. The van der Waals surface area contributed by atoms with Crippen LogP contribution in [-0.2, 0) is 0 Å². The van der Waals surface area contributed by atoms with E-state index in [2.05, 4.69) is 10.6 Å². The van der Waals surface area contributed by atoms with Crippen LogP contribution in [0.2, 0.25) is 0 Å². The molecule has 1 aromatic rings. The van der Waals surface area contributed by atoms with Crippen LogP contribution in [0.4, 0.5) is 4.39 Å². The average Bonchev–Trinajstić information content (AvgIpc) is 2.30. The number of hydrogen-bond donors (Lipinski definition) is 2. The molecule has 1 heterocycles. The molecule has 1 amide bonds. The predicted molar refractivity (Wildman–Crippen MR) is 72.5 cm³/mol. The standard InChI is InChI=1S/C12H14FIN2O/c13-8-1-2-10(11(14)7-8)12(17)16-9-3-5-15-6-4-9/h1-2,7,9,15H,3-6H2,(H,16,17). The highest BCUT2D eigenvalue weighted by Gasteiger charge is 2.17. The minimum atomic E-state index is -0.312. The first-order valence-corrected chi connectivity index (χ1v) is 6.71. The van der Waals surface area contributed by atoms with E-state index in [1.807, 2.05) is 22.6 Å². The van der Waals surface area contributed by atoms with Gasteiger partial charge in [0, 0.05) is 9.61 Å². The second kappa shape index (κ2) is 5.77. The quantitative estimate of drug-likeness (QED) is 0.802. The van der Waals surface area contributed by atoms with E-state index in [0.29, 0.717) is 9.13 Å². The van der Waals surface area contributed by atoms with Crippen molar-refractivity contribution in [3.63, 3.8) is 0 Å². The van der Waals surface area contributed by atoms with Crippen LogP contribution in [-0.4, -0.2) is 25.0 Å². The Bertz CT molecular complexity index is 419. The van der Waals surface area contributed by atoms with Crippen molar-refractivity contribution in [1.29, 1.82) is 0 Å². The van der Waals surface area contributed by atoms with Gasteiger partial charge in [-0.2, -0.15) is 0 Å². The molecule has 1 aliphatic heterocycles. The number of carbonyl (C=O) groups excluding carboxylic acids is 1. The first-order chi connectivity index (χ1) is 8.16. The summed E-state index contributed by atoms with van der Waals surface area (Å²) in [6, 6.07) is 4.45. The molecule has 1 saturated heterocycles. The van der Waals surface area contributed by atoms with E-state index in [1.54, 1.807) is 0 Å². The number of piperidine rings is 1. The summed E-state index contributed by atoms with van der Waals surface area (Å²) in [6.07, 6.45) is 1.90. The second-order valence-electron chi connectivity index (χ2n) is 4.12. The van der Waals surface area contributed by atoms with Gasteiger partial charge < -0.3 is 10.6 Å². The van der Waals surface area contributed by atoms with E-state index >= 15 is 0 Å². The van der Waals surface area contributed by atoms with E-state index < -0.39 is 0 Å². The normalized spacial score (nSPS) is 16.8. The maximum Gasteiger partial charge on any atom is 0.252 e. The van der Waals surface area contributed by atoms with Crippen molar-refractivity contribution < 1.29 is 9.18 Å². The van der Waals surface area contributed by atoms with Crippen LogP contribution >= 0.6 is 22.6 Å². The predicted octanol–water partition coefficient (Wildman–Crippen LogP) is 1.91. The van der Waals surface area contributed by atoms with Gasteiger partial charge in [-0.05, 0) is 66.7 Å². The van der Waals surface area contributed by atoms with E-state index in [4.69, 9.17) is 0 Å². The minimum Gasteiger partial charge on any atom is -0.349 e. The molecule has 0 spiro atoms. The number of rotatable bonds is 2. The molecule has 0 radical (unpaired) electrons. The van der Waals surface area contributed by atoms with Crippen LogP contribution in [0.3, 0.4) is 0 Å². The molecule has 3 nitrogen and oxygen atoms in total. The van der Waals surface area contributed by atoms with Crippen LogP contribution in [0.5, 0.6) is 0 Å². The Hall–Kier alpha value is -0.690. The Labute approximate surface area is 113 Å². The lowest BCUT2D eigenvalue weighted by Gasteiger charge is -2.23. The van der Waals surface area contributed by atoms with Crippen LogP contribution in [0, 0.1) is 9.39 Å².